The van der Waals surface area contributed by atoms with Crippen LogP contribution in [0.3, 0.4) is 0 Å². The average molecular weight is 481 g/mol. The number of hydrogen-bond donors (Lipinski definition) is 0. The van der Waals surface area contributed by atoms with E-state index < -0.39 is 18.5 Å². The maximum absolute atomic E-state index is 13.0. The van der Waals surface area contributed by atoms with Crippen LogP contribution in [0.15, 0.2) is 69.2 Å². The highest BCUT2D eigenvalue weighted by molar-refractivity contribution is 7.12. The lowest BCUT2D eigenvalue weighted by Crippen LogP contribution is -2.32. The average Bonchev–Trinajstić information content (AvgIpc) is 3.62. The highest BCUT2D eigenvalue weighted by Gasteiger charge is 2.34. The lowest BCUT2D eigenvalue weighted by atomic mass is 10.1. The van der Waals surface area contributed by atoms with E-state index in [-0.39, 0.29) is 18.3 Å². The van der Waals surface area contributed by atoms with Crippen molar-refractivity contribution < 1.29 is 14.3 Å². The number of hydrogen-bond acceptors (Lipinski definition) is 7. The Bertz CT molecular complexity index is 1400. The molecule has 0 saturated heterocycles. The molecule has 4 aromatic rings. The van der Waals surface area contributed by atoms with Crippen molar-refractivity contribution in [3.05, 3.63) is 79.5 Å². The quantitative estimate of drug-likeness (QED) is 0.396. The zero-order valence-corrected chi connectivity index (χ0v) is 19.3. The third-order valence-corrected chi connectivity index (χ3v) is 7.43. The van der Waals surface area contributed by atoms with Crippen molar-refractivity contribution in [3.8, 4) is 0 Å². The number of benzene rings is 1. The molecule has 5 rings (SSSR count). The Kier molecular flexibility index (Phi) is 5.69. The summed E-state index contributed by atoms with van der Waals surface area (Å²) in [6, 6.07) is 14.8. The molecule has 0 N–H and O–H groups in total. The first-order valence-electron chi connectivity index (χ1n) is 10.3. The Balaban J connectivity index is 1.30. The fourth-order valence-corrected chi connectivity index (χ4v) is 5.47. The molecule has 0 saturated carbocycles. The second-order valence-electron chi connectivity index (χ2n) is 7.57. The number of imidazole rings is 1. The first kappa shape index (κ1) is 21.4. The van der Waals surface area contributed by atoms with Crippen LogP contribution >= 0.6 is 22.7 Å². The van der Waals surface area contributed by atoms with Crippen molar-refractivity contribution in [2.24, 2.45) is 12.1 Å². The molecule has 1 atom stereocenters. The third-order valence-electron chi connectivity index (χ3n) is 5.54. The topological polar surface area (TPSA) is 85.9 Å². The molecule has 33 heavy (non-hydrogen) atoms. The number of para-hydroxylation sites is 2. The summed E-state index contributed by atoms with van der Waals surface area (Å²) in [6.45, 7) is -0.715. The van der Waals surface area contributed by atoms with Crippen LogP contribution in [-0.2, 0) is 27.9 Å². The SMILES string of the molecule is Cn1c(=O)n(CC(=O)OCC(=O)N2N=C(c3cccs3)CC2c2cccs2)c2ccccc21. The van der Waals surface area contributed by atoms with E-state index in [4.69, 9.17) is 4.74 Å². The maximum Gasteiger partial charge on any atom is 0.329 e. The van der Waals surface area contributed by atoms with Gasteiger partial charge in [-0.3, -0.25) is 18.7 Å². The Hall–Kier alpha value is -3.50. The highest BCUT2D eigenvalue weighted by Crippen LogP contribution is 2.35. The van der Waals surface area contributed by atoms with Gasteiger partial charge in [-0.05, 0) is 35.0 Å². The molecule has 1 amide bonds. The molecule has 1 aliphatic heterocycles. The zero-order valence-electron chi connectivity index (χ0n) is 17.7. The molecule has 0 bridgehead atoms. The van der Waals surface area contributed by atoms with Gasteiger partial charge in [0.05, 0.1) is 27.7 Å². The van der Waals surface area contributed by atoms with Crippen LogP contribution in [0.5, 0.6) is 0 Å². The smallest absolute Gasteiger partial charge is 0.329 e. The number of thiophene rings is 2. The van der Waals surface area contributed by atoms with Gasteiger partial charge < -0.3 is 4.74 Å². The molecule has 0 fully saturated rings. The van der Waals surface area contributed by atoms with Gasteiger partial charge in [0, 0.05) is 18.3 Å². The van der Waals surface area contributed by atoms with Crippen molar-refractivity contribution in [1.29, 1.82) is 0 Å². The number of carbonyl (C=O) groups is 2. The lowest BCUT2D eigenvalue weighted by molar-refractivity contribution is -0.153. The summed E-state index contributed by atoms with van der Waals surface area (Å²) in [5, 5.41) is 9.90. The molecule has 168 valence electrons. The zero-order chi connectivity index (χ0) is 22.9. The molecule has 0 spiro atoms. The summed E-state index contributed by atoms with van der Waals surface area (Å²) in [5.41, 5.74) is 1.88. The summed E-state index contributed by atoms with van der Waals surface area (Å²) in [6.07, 6.45) is 0.603. The summed E-state index contributed by atoms with van der Waals surface area (Å²) < 4.78 is 8.09. The number of aromatic nitrogens is 2. The van der Waals surface area contributed by atoms with E-state index in [9.17, 15) is 14.4 Å². The maximum atomic E-state index is 13.0. The summed E-state index contributed by atoms with van der Waals surface area (Å²) in [4.78, 5) is 40.0. The van der Waals surface area contributed by atoms with Crippen molar-refractivity contribution in [1.82, 2.24) is 14.1 Å². The van der Waals surface area contributed by atoms with Crippen LogP contribution in [-0.4, -0.2) is 38.3 Å². The van der Waals surface area contributed by atoms with Gasteiger partial charge in [-0.2, -0.15) is 5.10 Å². The summed E-state index contributed by atoms with van der Waals surface area (Å²) in [7, 11) is 1.65. The van der Waals surface area contributed by atoms with Crippen LogP contribution in [0.1, 0.15) is 22.2 Å². The van der Waals surface area contributed by atoms with E-state index in [0.29, 0.717) is 11.9 Å². The summed E-state index contributed by atoms with van der Waals surface area (Å²) in [5.74, 6) is -1.06. The van der Waals surface area contributed by atoms with Gasteiger partial charge in [-0.15, -0.1) is 22.7 Å². The number of fused-ring (bicyclic) bond motifs is 1. The minimum Gasteiger partial charge on any atom is -0.454 e. The van der Waals surface area contributed by atoms with Gasteiger partial charge in [-0.1, -0.05) is 24.3 Å². The summed E-state index contributed by atoms with van der Waals surface area (Å²) >= 11 is 3.13. The van der Waals surface area contributed by atoms with Crippen LogP contribution in [0.2, 0.25) is 0 Å². The van der Waals surface area contributed by atoms with E-state index in [2.05, 4.69) is 5.10 Å². The fourth-order valence-electron chi connectivity index (χ4n) is 3.93. The van der Waals surface area contributed by atoms with Gasteiger partial charge in [0.15, 0.2) is 6.61 Å². The Morgan fingerprint density at radius 1 is 1.06 bits per heavy atom. The number of nitrogens with zero attached hydrogens (tertiary/aromatic N) is 4. The molecule has 0 aliphatic carbocycles. The highest BCUT2D eigenvalue weighted by atomic mass is 32.1. The molecule has 1 aromatic carbocycles. The molecule has 4 heterocycles. The lowest BCUT2D eigenvalue weighted by Gasteiger charge is -2.20. The van der Waals surface area contributed by atoms with Gasteiger partial charge in [0.25, 0.3) is 5.91 Å². The molecule has 10 heteroatoms. The van der Waals surface area contributed by atoms with Crippen LogP contribution in [0.25, 0.3) is 11.0 Å². The first-order valence-corrected chi connectivity index (χ1v) is 12.1. The Labute approximate surface area is 196 Å². The van der Waals surface area contributed by atoms with E-state index in [1.165, 1.54) is 14.1 Å². The number of aryl methyl sites for hydroxylation is 1. The molecular formula is C23H20N4O4S2. The van der Waals surface area contributed by atoms with Crippen molar-refractivity contribution in [3.63, 3.8) is 0 Å². The van der Waals surface area contributed by atoms with Crippen molar-refractivity contribution in [2.45, 2.75) is 19.0 Å². The minimum atomic E-state index is -0.656. The molecular weight excluding hydrogens is 460 g/mol. The molecule has 0 radical (unpaired) electrons. The van der Waals surface area contributed by atoms with Crippen LogP contribution < -0.4 is 5.69 Å². The van der Waals surface area contributed by atoms with Gasteiger partial charge in [0.1, 0.15) is 6.54 Å². The Morgan fingerprint density at radius 2 is 1.82 bits per heavy atom. The van der Waals surface area contributed by atoms with Crippen molar-refractivity contribution in [2.75, 3.05) is 6.61 Å². The monoisotopic (exact) mass is 480 g/mol. The normalized spacial score (nSPS) is 15.7. The fraction of sp³-hybridized carbons (Fsp3) is 0.217. The van der Waals surface area contributed by atoms with E-state index in [1.54, 1.807) is 41.9 Å². The van der Waals surface area contributed by atoms with E-state index >= 15 is 0 Å². The molecule has 1 aliphatic rings. The first-order chi connectivity index (χ1) is 16.0. The Morgan fingerprint density at radius 3 is 2.55 bits per heavy atom. The molecule has 3 aromatic heterocycles. The number of esters is 1. The number of ether oxygens (including phenoxy) is 1. The number of amides is 1. The van der Waals surface area contributed by atoms with Gasteiger partial charge >= 0.3 is 11.7 Å². The van der Waals surface area contributed by atoms with Gasteiger partial charge in [0.2, 0.25) is 0 Å². The van der Waals surface area contributed by atoms with Gasteiger partial charge in [-0.25, -0.2) is 9.80 Å². The van der Waals surface area contributed by atoms with Crippen LogP contribution in [0, 0.1) is 0 Å². The standard InChI is InChI=1S/C23H20N4O4S2/c1-25-16-6-2-3-7-17(16)26(23(25)30)13-22(29)31-14-21(28)27-18(20-9-5-11-33-20)12-15(24-27)19-8-4-10-32-19/h2-11,18H,12-14H2,1H3. The second kappa shape index (κ2) is 8.80. The third kappa shape index (κ3) is 4.03. The predicted octanol–water partition coefficient (Wildman–Crippen LogP) is 3.38. The molecule has 8 nitrogen and oxygen atoms in total. The second-order valence-corrected chi connectivity index (χ2v) is 9.50. The number of rotatable bonds is 6. The number of carbonyl (C=O) groups excluding carboxylic acids is 2. The van der Waals surface area contributed by atoms with Crippen molar-refractivity contribution >= 4 is 51.3 Å². The van der Waals surface area contributed by atoms with E-state index in [0.717, 1.165) is 21.0 Å². The molecule has 1 unspecified atom stereocenters. The van der Waals surface area contributed by atoms with E-state index in [1.807, 2.05) is 47.2 Å². The number of hydrazone groups is 1. The minimum absolute atomic E-state index is 0.228. The van der Waals surface area contributed by atoms with Crippen LogP contribution in [0.4, 0.5) is 0 Å². The largest absolute Gasteiger partial charge is 0.454 e. The predicted molar refractivity (Wildman–Crippen MR) is 128 cm³/mol.